The van der Waals surface area contributed by atoms with Crippen molar-refractivity contribution in [2.45, 2.75) is 13.3 Å². The molecule has 0 fully saturated rings. The molecule has 0 amide bonds. The van der Waals surface area contributed by atoms with Crippen molar-refractivity contribution in [2.24, 2.45) is 5.14 Å². The number of hydrogen-bond donors (Lipinski definition) is 2. The second kappa shape index (κ2) is 8.19. The summed E-state index contributed by atoms with van der Waals surface area (Å²) in [7, 11) is 0. The molecule has 1 rings (SSSR count). The Morgan fingerprint density at radius 3 is 2.53 bits per heavy atom. The summed E-state index contributed by atoms with van der Waals surface area (Å²) in [6, 6.07) is 7.52. The lowest BCUT2D eigenvalue weighted by Gasteiger charge is -2.11. The summed E-state index contributed by atoms with van der Waals surface area (Å²) in [5, 5.41) is 5.05. The molecule has 5 nitrogen and oxygen atoms in total. The molecule has 1 atom stereocenters. The first-order chi connectivity index (χ1) is 8.24. The molecule has 3 N–H and O–H groups in total. The fraction of sp³-hybridized carbons (Fsp3) is 0.455. The van der Waals surface area contributed by atoms with Gasteiger partial charge in [-0.05, 0) is 25.5 Å². The standard InChI is InChI=1S/C11H18N2O3S/c1-2-15-10-6-3-4-7-11(10)16-9-5-8-13-17(12)14/h3-4,6-7,13H,2,5,8-9,12H2,1H3. The third-order valence-corrected chi connectivity index (χ3v) is 2.46. The van der Waals surface area contributed by atoms with Gasteiger partial charge in [0.2, 0.25) is 0 Å². The largest absolute Gasteiger partial charge is 0.579 e. The van der Waals surface area contributed by atoms with Crippen LogP contribution in [-0.2, 0) is 11.5 Å². The third-order valence-electron chi connectivity index (χ3n) is 1.97. The number of para-hydroxylation sites is 2. The van der Waals surface area contributed by atoms with Gasteiger partial charge in [0.05, 0.1) is 13.2 Å². The minimum atomic E-state index is -1.45. The van der Waals surface area contributed by atoms with Gasteiger partial charge in [-0.1, -0.05) is 12.1 Å². The number of rotatable bonds is 8. The van der Waals surface area contributed by atoms with Crippen LogP contribution >= 0.6 is 0 Å². The highest BCUT2D eigenvalue weighted by Gasteiger charge is 2.03. The zero-order valence-electron chi connectivity index (χ0n) is 9.85. The molecule has 0 saturated carbocycles. The Morgan fingerprint density at radius 2 is 1.94 bits per heavy atom. The maximum Gasteiger partial charge on any atom is 0.161 e. The molecule has 0 aliphatic heterocycles. The SMILES string of the molecule is CCOc1ccccc1OCCCN[S+](N)[O-]. The second-order valence-corrected chi connectivity index (χ2v) is 4.16. The number of ether oxygens (including phenoxy) is 2. The van der Waals surface area contributed by atoms with E-state index in [1.807, 2.05) is 31.2 Å². The molecule has 96 valence electrons. The molecule has 1 aromatic rings. The predicted molar refractivity (Wildman–Crippen MR) is 68.1 cm³/mol. The van der Waals surface area contributed by atoms with Crippen molar-refractivity contribution in [2.75, 3.05) is 19.8 Å². The van der Waals surface area contributed by atoms with Gasteiger partial charge in [0, 0.05) is 6.54 Å². The summed E-state index contributed by atoms with van der Waals surface area (Å²) >= 11 is -1.45. The van der Waals surface area contributed by atoms with E-state index in [9.17, 15) is 4.55 Å². The van der Waals surface area contributed by atoms with E-state index in [2.05, 4.69) is 4.72 Å². The van der Waals surface area contributed by atoms with E-state index in [-0.39, 0.29) is 0 Å². The quantitative estimate of drug-likeness (QED) is 0.537. The Morgan fingerprint density at radius 1 is 1.29 bits per heavy atom. The second-order valence-electron chi connectivity index (χ2n) is 3.27. The van der Waals surface area contributed by atoms with Crippen molar-refractivity contribution in [1.82, 2.24) is 4.72 Å². The van der Waals surface area contributed by atoms with E-state index in [4.69, 9.17) is 14.6 Å². The minimum absolute atomic E-state index is 0.522. The predicted octanol–water partition coefficient (Wildman–Crippen LogP) is 0.981. The monoisotopic (exact) mass is 258 g/mol. The fourth-order valence-corrected chi connectivity index (χ4v) is 1.62. The number of nitrogens with one attached hydrogen (secondary N) is 1. The third kappa shape index (κ3) is 5.78. The topological polar surface area (TPSA) is 79.6 Å². The van der Waals surface area contributed by atoms with Crippen LogP contribution in [-0.4, -0.2) is 24.3 Å². The normalized spacial score (nSPS) is 12.2. The Kier molecular flexibility index (Phi) is 6.80. The van der Waals surface area contributed by atoms with Gasteiger partial charge in [0.25, 0.3) is 0 Å². The van der Waals surface area contributed by atoms with E-state index < -0.39 is 11.5 Å². The molecule has 0 radical (unpaired) electrons. The van der Waals surface area contributed by atoms with Crippen LogP contribution in [0.1, 0.15) is 13.3 Å². The summed E-state index contributed by atoms with van der Waals surface area (Å²) in [6.45, 7) is 3.61. The average molecular weight is 258 g/mol. The van der Waals surface area contributed by atoms with E-state index in [0.29, 0.717) is 19.8 Å². The highest BCUT2D eigenvalue weighted by atomic mass is 32.2. The molecule has 0 spiro atoms. The van der Waals surface area contributed by atoms with Crippen molar-refractivity contribution in [3.63, 3.8) is 0 Å². The van der Waals surface area contributed by atoms with Gasteiger partial charge >= 0.3 is 0 Å². The van der Waals surface area contributed by atoms with Gasteiger partial charge in [-0.2, -0.15) is 0 Å². The number of nitrogens with two attached hydrogens (primary N) is 1. The van der Waals surface area contributed by atoms with Gasteiger partial charge in [0.15, 0.2) is 11.5 Å². The molecule has 1 unspecified atom stereocenters. The molecule has 0 saturated heterocycles. The summed E-state index contributed by atoms with van der Waals surface area (Å²) < 4.78 is 24.1. The Hall–Kier alpha value is -0.950. The van der Waals surface area contributed by atoms with Crippen LogP contribution in [0.5, 0.6) is 11.5 Å². The molecule has 17 heavy (non-hydrogen) atoms. The van der Waals surface area contributed by atoms with Crippen LogP contribution in [0.4, 0.5) is 0 Å². The maximum absolute atomic E-state index is 10.5. The molecule has 0 bridgehead atoms. The first-order valence-corrected chi connectivity index (χ1v) is 6.69. The molecule has 6 heteroatoms. The first-order valence-electron chi connectivity index (χ1n) is 5.48. The average Bonchev–Trinajstić information content (AvgIpc) is 2.31. The lowest BCUT2D eigenvalue weighted by Crippen LogP contribution is -2.32. The molecule has 0 heterocycles. The minimum Gasteiger partial charge on any atom is -0.579 e. The lowest BCUT2D eigenvalue weighted by atomic mass is 10.3. The number of benzene rings is 1. The van der Waals surface area contributed by atoms with E-state index >= 15 is 0 Å². The molecule has 1 aromatic carbocycles. The summed E-state index contributed by atoms with van der Waals surface area (Å²) in [5.41, 5.74) is 0. The molecule has 0 aromatic heterocycles. The zero-order valence-corrected chi connectivity index (χ0v) is 10.7. The Labute approximate surface area is 105 Å². The molecular weight excluding hydrogens is 240 g/mol. The van der Waals surface area contributed by atoms with E-state index in [1.165, 1.54) is 0 Å². The summed E-state index contributed by atoms with van der Waals surface area (Å²) in [4.78, 5) is 0. The van der Waals surface area contributed by atoms with Gasteiger partial charge in [-0.15, -0.1) is 9.86 Å². The first kappa shape index (κ1) is 14.1. The summed E-state index contributed by atoms with van der Waals surface area (Å²) in [5.74, 6) is 1.47. The van der Waals surface area contributed by atoms with Gasteiger partial charge in [0.1, 0.15) is 11.5 Å². The zero-order chi connectivity index (χ0) is 12.5. The Balaban J connectivity index is 2.30. The van der Waals surface area contributed by atoms with Crippen LogP contribution in [0.25, 0.3) is 0 Å². The maximum atomic E-state index is 10.5. The molecular formula is C11H18N2O3S. The highest BCUT2D eigenvalue weighted by Crippen LogP contribution is 2.26. The van der Waals surface area contributed by atoms with Gasteiger partial charge in [-0.25, -0.2) is 0 Å². The number of hydrogen-bond acceptors (Lipinski definition) is 5. The smallest absolute Gasteiger partial charge is 0.161 e. The van der Waals surface area contributed by atoms with Crippen LogP contribution in [0, 0.1) is 0 Å². The van der Waals surface area contributed by atoms with Crippen LogP contribution in [0.3, 0.4) is 0 Å². The summed E-state index contributed by atoms with van der Waals surface area (Å²) in [6.07, 6.45) is 0.726. The van der Waals surface area contributed by atoms with Crippen molar-refractivity contribution in [1.29, 1.82) is 0 Å². The van der Waals surface area contributed by atoms with Crippen molar-refractivity contribution in [3.8, 4) is 11.5 Å². The van der Waals surface area contributed by atoms with E-state index in [0.717, 1.165) is 17.9 Å². The lowest BCUT2D eigenvalue weighted by molar-refractivity contribution is 0.274. The van der Waals surface area contributed by atoms with Crippen LogP contribution in [0.2, 0.25) is 0 Å². The van der Waals surface area contributed by atoms with Crippen molar-refractivity contribution < 1.29 is 14.0 Å². The van der Waals surface area contributed by atoms with E-state index in [1.54, 1.807) is 0 Å². The Bertz CT molecular complexity index is 323. The highest BCUT2D eigenvalue weighted by molar-refractivity contribution is 7.87. The van der Waals surface area contributed by atoms with Crippen molar-refractivity contribution in [3.05, 3.63) is 24.3 Å². The fourth-order valence-electron chi connectivity index (χ4n) is 1.27. The van der Waals surface area contributed by atoms with Crippen molar-refractivity contribution >= 4 is 11.5 Å². The molecule has 0 aliphatic carbocycles. The van der Waals surface area contributed by atoms with Gasteiger partial charge in [-0.3, -0.25) is 0 Å². The van der Waals surface area contributed by atoms with Crippen LogP contribution < -0.4 is 19.3 Å². The van der Waals surface area contributed by atoms with Gasteiger partial charge < -0.3 is 14.0 Å². The molecule has 0 aliphatic rings. The van der Waals surface area contributed by atoms with Crippen LogP contribution in [0.15, 0.2) is 24.3 Å².